The molecule has 0 aliphatic heterocycles. The van der Waals surface area contributed by atoms with Gasteiger partial charge in [0.15, 0.2) is 11.5 Å². The molecule has 0 unspecified atom stereocenters. The van der Waals surface area contributed by atoms with Crippen LogP contribution in [-0.4, -0.2) is 27.2 Å². The largest absolute Gasteiger partial charge is 0.493 e. The number of rotatable bonds is 6. The van der Waals surface area contributed by atoms with Crippen LogP contribution in [0, 0.1) is 5.82 Å². The molecule has 0 aliphatic carbocycles. The van der Waals surface area contributed by atoms with Crippen LogP contribution < -0.4 is 19.5 Å². The minimum absolute atomic E-state index is 0.287. The van der Waals surface area contributed by atoms with Gasteiger partial charge in [0.25, 0.3) is 5.91 Å². The van der Waals surface area contributed by atoms with E-state index in [1.165, 1.54) is 33.5 Å². The first-order valence-corrected chi connectivity index (χ1v) is 6.91. The van der Waals surface area contributed by atoms with Crippen molar-refractivity contribution in [3.63, 3.8) is 0 Å². The van der Waals surface area contributed by atoms with Crippen molar-refractivity contribution < 1.29 is 23.4 Å². The van der Waals surface area contributed by atoms with Crippen molar-refractivity contribution in [2.45, 2.75) is 6.54 Å². The van der Waals surface area contributed by atoms with E-state index in [9.17, 15) is 9.18 Å². The number of nitrogens with one attached hydrogen (secondary N) is 1. The molecule has 0 fully saturated rings. The van der Waals surface area contributed by atoms with Crippen LogP contribution in [0.3, 0.4) is 0 Å². The van der Waals surface area contributed by atoms with E-state index in [0.717, 1.165) is 5.56 Å². The van der Waals surface area contributed by atoms with Crippen molar-refractivity contribution in [1.29, 1.82) is 0 Å². The Bertz CT molecular complexity index is 660. The molecule has 0 saturated carbocycles. The summed E-state index contributed by atoms with van der Waals surface area (Å²) in [6, 6.07) is 9.07. The summed E-state index contributed by atoms with van der Waals surface area (Å²) in [6.45, 7) is 0.287. The van der Waals surface area contributed by atoms with Crippen molar-refractivity contribution in [2.75, 3.05) is 21.3 Å². The van der Waals surface area contributed by atoms with Gasteiger partial charge >= 0.3 is 0 Å². The zero-order valence-corrected chi connectivity index (χ0v) is 13.2. The number of hydrogen-bond acceptors (Lipinski definition) is 4. The first-order chi connectivity index (χ1) is 11.1. The van der Waals surface area contributed by atoms with Gasteiger partial charge in [0.2, 0.25) is 5.75 Å². The molecule has 23 heavy (non-hydrogen) atoms. The summed E-state index contributed by atoms with van der Waals surface area (Å²) in [6.07, 6.45) is 0. The zero-order chi connectivity index (χ0) is 16.8. The Kier molecular flexibility index (Phi) is 5.41. The van der Waals surface area contributed by atoms with E-state index in [0.29, 0.717) is 22.8 Å². The number of ether oxygens (including phenoxy) is 3. The molecule has 0 atom stereocenters. The third-order valence-electron chi connectivity index (χ3n) is 3.29. The van der Waals surface area contributed by atoms with Crippen molar-refractivity contribution in [1.82, 2.24) is 5.32 Å². The number of carbonyl (C=O) groups is 1. The maximum atomic E-state index is 12.9. The highest BCUT2D eigenvalue weighted by molar-refractivity contribution is 5.95. The molecule has 0 radical (unpaired) electrons. The SMILES string of the molecule is COc1cc(C(=O)NCc2ccc(F)cc2)cc(OC)c1OC. The fourth-order valence-electron chi connectivity index (χ4n) is 2.10. The van der Waals surface area contributed by atoms with Crippen molar-refractivity contribution in [2.24, 2.45) is 0 Å². The predicted octanol–water partition coefficient (Wildman–Crippen LogP) is 2.78. The summed E-state index contributed by atoms with van der Waals surface area (Å²) in [5, 5.41) is 2.76. The van der Waals surface area contributed by atoms with E-state index in [4.69, 9.17) is 14.2 Å². The Morgan fingerprint density at radius 1 is 1.00 bits per heavy atom. The molecule has 0 bridgehead atoms. The molecule has 0 aromatic heterocycles. The van der Waals surface area contributed by atoms with Gasteiger partial charge in [-0.1, -0.05) is 12.1 Å². The first-order valence-electron chi connectivity index (χ1n) is 6.91. The molecule has 0 spiro atoms. The quantitative estimate of drug-likeness (QED) is 0.889. The number of amides is 1. The second-order valence-electron chi connectivity index (χ2n) is 4.72. The molecular weight excluding hydrogens is 301 g/mol. The number of halogens is 1. The predicted molar refractivity (Wildman–Crippen MR) is 83.7 cm³/mol. The van der Waals surface area contributed by atoms with Crippen molar-refractivity contribution in [3.8, 4) is 17.2 Å². The standard InChI is InChI=1S/C17H18FNO4/c1-21-14-8-12(9-15(22-2)16(14)23-3)17(20)19-10-11-4-6-13(18)7-5-11/h4-9H,10H2,1-3H3,(H,19,20). The van der Waals surface area contributed by atoms with Crippen LogP contribution in [0.25, 0.3) is 0 Å². The lowest BCUT2D eigenvalue weighted by Crippen LogP contribution is -2.23. The summed E-state index contributed by atoms with van der Waals surface area (Å²) >= 11 is 0. The minimum Gasteiger partial charge on any atom is -0.493 e. The number of carbonyl (C=O) groups excluding carboxylic acids is 1. The van der Waals surface area contributed by atoms with Gasteiger partial charge in [0, 0.05) is 12.1 Å². The summed E-state index contributed by atoms with van der Waals surface area (Å²) in [7, 11) is 4.46. The molecule has 2 aromatic rings. The monoisotopic (exact) mass is 319 g/mol. The van der Waals surface area contributed by atoms with Crippen molar-refractivity contribution in [3.05, 3.63) is 53.3 Å². The first kappa shape index (κ1) is 16.6. The third kappa shape index (κ3) is 3.91. The maximum Gasteiger partial charge on any atom is 0.251 e. The maximum absolute atomic E-state index is 12.9. The molecule has 1 N–H and O–H groups in total. The van der Waals surface area contributed by atoms with Crippen LogP contribution in [0.2, 0.25) is 0 Å². The molecule has 6 heteroatoms. The minimum atomic E-state index is -0.315. The normalized spacial score (nSPS) is 10.1. The van der Waals surface area contributed by atoms with Gasteiger partial charge in [-0.15, -0.1) is 0 Å². The van der Waals surface area contributed by atoms with Crippen LogP contribution >= 0.6 is 0 Å². The summed E-state index contributed by atoms with van der Waals surface area (Å²) in [4.78, 5) is 12.3. The number of hydrogen-bond donors (Lipinski definition) is 1. The van der Waals surface area contributed by atoms with Gasteiger partial charge in [-0.2, -0.15) is 0 Å². The topological polar surface area (TPSA) is 56.8 Å². The van der Waals surface area contributed by atoms with Crippen LogP contribution in [0.4, 0.5) is 4.39 Å². The summed E-state index contributed by atoms with van der Waals surface area (Å²) < 4.78 is 28.5. The van der Waals surface area contributed by atoms with Gasteiger partial charge in [-0.3, -0.25) is 4.79 Å². The Morgan fingerprint density at radius 3 is 2.04 bits per heavy atom. The van der Waals surface area contributed by atoms with Gasteiger partial charge in [-0.05, 0) is 29.8 Å². The van der Waals surface area contributed by atoms with Crippen LogP contribution in [-0.2, 0) is 6.54 Å². The second-order valence-corrected chi connectivity index (χ2v) is 4.72. The van der Waals surface area contributed by atoms with Gasteiger partial charge in [0.05, 0.1) is 21.3 Å². The second kappa shape index (κ2) is 7.49. The highest BCUT2D eigenvalue weighted by Gasteiger charge is 2.16. The molecule has 0 aliphatic rings. The highest BCUT2D eigenvalue weighted by Crippen LogP contribution is 2.38. The summed E-state index contributed by atoms with van der Waals surface area (Å²) in [5.41, 5.74) is 1.17. The zero-order valence-electron chi connectivity index (χ0n) is 13.2. The van der Waals surface area contributed by atoms with E-state index >= 15 is 0 Å². The lowest BCUT2D eigenvalue weighted by Gasteiger charge is -2.14. The van der Waals surface area contributed by atoms with Crippen LogP contribution in [0.1, 0.15) is 15.9 Å². The Labute approximate surface area is 134 Å². The van der Waals surface area contributed by atoms with E-state index in [1.807, 2.05) is 0 Å². The fraction of sp³-hybridized carbons (Fsp3) is 0.235. The van der Waals surface area contributed by atoms with Gasteiger partial charge in [-0.25, -0.2) is 4.39 Å². The molecule has 2 rings (SSSR count). The average molecular weight is 319 g/mol. The molecule has 0 heterocycles. The fourth-order valence-corrected chi connectivity index (χ4v) is 2.10. The lowest BCUT2D eigenvalue weighted by atomic mass is 10.1. The lowest BCUT2D eigenvalue weighted by molar-refractivity contribution is 0.0950. The molecule has 2 aromatic carbocycles. The Morgan fingerprint density at radius 2 is 1.57 bits per heavy atom. The van der Waals surface area contributed by atoms with E-state index in [2.05, 4.69) is 5.32 Å². The smallest absolute Gasteiger partial charge is 0.251 e. The molecule has 122 valence electrons. The highest BCUT2D eigenvalue weighted by atomic mass is 19.1. The third-order valence-corrected chi connectivity index (χ3v) is 3.29. The van der Waals surface area contributed by atoms with Crippen LogP contribution in [0.15, 0.2) is 36.4 Å². The van der Waals surface area contributed by atoms with Gasteiger partial charge in [0.1, 0.15) is 5.82 Å². The van der Waals surface area contributed by atoms with Gasteiger partial charge < -0.3 is 19.5 Å². The Hall–Kier alpha value is -2.76. The average Bonchev–Trinajstić information content (AvgIpc) is 2.59. The van der Waals surface area contributed by atoms with E-state index in [1.54, 1.807) is 24.3 Å². The molecule has 0 saturated heterocycles. The van der Waals surface area contributed by atoms with E-state index < -0.39 is 0 Å². The number of methoxy groups -OCH3 is 3. The molecule has 5 nitrogen and oxygen atoms in total. The number of benzene rings is 2. The molecular formula is C17H18FNO4. The summed E-state index contributed by atoms with van der Waals surface area (Å²) in [5.74, 6) is 0.612. The van der Waals surface area contributed by atoms with Crippen LogP contribution in [0.5, 0.6) is 17.2 Å². The van der Waals surface area contributed by atoms with E-state index in [-0.39, 0.29) is 18.3 Å². The van der Waals surface area contributed by atoms with Crippen molar-refractivity contribution >= 4 is 5.91 Å². The Balaban J connectivity index is 2.16. The molecule has 1 amide bonds.